The van der Waals surface area contributed by atoms with Gasteiger partial charge in [-0.2, -0.15) is 5.10 Å². The van der Waals surface area contributed by atoms with Gasteiger partial charge in [0.25, 0.3) is 0 Å². The molecule has 4 atom stereocenters. The average Bonchev–Trinajstić information content (AvgIpc) is 3.46. The van der Waals surface area contributed by atoms with E-state index >= 15 is 0 Å². The minimum atomic E-state index is 0.525. The Kier molecular flexibility index (Phi) is 4.72. The van der Waals surface area contributed by atoms with E-state index in [2.05, 4.69) is 57.2 Å². The highest BCUT2D eigenvalue weighted by Gasteiger charge is 2.46. The number of hydrogen-bond donors (Lipinski definition) is 0. The molecule has 0 N–H and O–H groups in total. The number of allylic oxidation sites excluding steroid dienone is 2. The maximum Gasteiger partial charge on any atom is 0.151 e. The van der Waals surface area contributed by atoms with E-state index in [1.54, 1.807) is 5.57 Å². The summed E-state index contributed by atoms with van der Waals surface area (Å²) in [6.45, 7) is 11.4. The van der Waals surface area contributed by atoms with Crippen LogP contribution in [0.3, 0.4) is 0 Å². The fourth-order valence-electron chi connectivity index (χ4n) is 7.43. The summed E-state index contributed by atoms with van der Waals surface area (Å²) in [5, 5.41) is 13.9. The van der Waals surface area contributed by atoms with Crippen LogP contribution in [0.4, 0.5) is 5.82 Å². The van der Waals surface area contributed by atoms with Gasteiger partial charge >= 0.3 is 0 Å². The molecule has 6 rings (SSSR count). The summed E-state index contributed by atoms with van der Waals surface area (Å²) in [6, 6.07) is 4.89. The van der Waals surface area contributed by atoms with E-state index in [4.69, 9.17) is 0 Å². The monoisotopic (exact) mass is 432 g/mol. The zero-order chi connectivity index (χ0) is 22.0. The molecular weight excluding hydrogens is 396 g/mol. The standard InChI is InChI=1S/C26H36N6/c1-17-11-20-7-9-26(12-17,13-20)16-31-14-21-8-10-32(23(21)15-31)24-6-5-22(27-28-24)25-18(2)29-30(4)19(25)3/h5-7,17,21,23H,8-16H2,1-4H3. The summed E-state index contributed by atoms with van der Waals surface area (Å²) in [5.41, 5.74) is 6.45. The Balaban J connectivity index is 1.16. The third-order valence-electron chi connectivity index (χ3n) is 8.71. The zero-order valence-corrected chi connectivity index (χ0v) is 20.0. The van der Waals surface area contributed by atoms with Crippen molar-refractivity contribution in [3.8, 4) is 11.3 Å². The van der Waals surface area contributed by atoms with Gasteiger partial charge in [-0.15, -0.1) is 10.2 Å². The number of likely N-dealkylation sites (tertiary alicyclic amines) is 1. The summed E-state index contributed by atoms with van der Waals surface area (Å²) >= 11 is 0. The van der Waals surface area contributed by atoms with Crippen LogP contribution in [0.25, 0.3) is 11.3 Å². The van der Waals surface area contributed by atoms with E-state index < -0.39 is 0 Å². The van der Waals surface area contributed by atoms with Crippen LogP contribution in [0, 0.1) is 31.1 Å². The maximum absolute atomic E-state index is 4.69. The number of nitrogens with zero attached hydrogens (tertiary/aromatic N) is 6. The van der Waals surface area contributed by atoms with Crippen LogP contribution in [0.5, 0.6) is 0 Å². The van der Waals surface area contributed by atoms with Crippen molar-refractivity contribution >= 4 is 5.82 Å². The summed E-state index contributed by atoms with van der Waals surface area (Å²) in [6.07, 6.45) is 9.25. The van der Waals surface area contributed by atoms with Gasteiger partial charge in [-0.05, 0) is 75.3 Å². The van der Waals surface area contributed by atoms with Crippen molar-refractivity contribution in [1.82, 2.24) is 24.9 Å². The molecule has 0 aromatic carbocycles. The summed E-state index contributed by atoms with van der Waals surface area (Å²) in [5.74, 6) is 2.67. The molecule has 0 amide bonds. The van der Waals surface area contributed by atoms with Crippen molar-refractivity contribution < 1.29 is 0 Å². The van der Waals surface area contributed by atoms with Crippen LogP contribution in [0.15, 0.2) is 23.8 Å². The highest BCUT2D eigenvalue weighted by Crippen LogP contribution is 2.51. The smallest absolute Gasteiger partial charge is 0.151 e. The number of aryl methyl sites for hydroxylation is 2. The molecule has 2 aliphatic carbocycles. The SMILES string of the molecule is Cc1nn(C)c(C)c1-c1ccc(N2CCC3CN(CC45CC=C(CC(C)C4)C5)CC32)nn1. The van der Waals surface area contributed by atoms with E-state index in [9.17, 15) is 0 Å². The van der Waals surface area contributed by atoms with E-state index in [1.165, 1.54) is 51.7 Å². The third-order valence-corrected chi connectivity index (χ3v) is 8.71. The first-order valence-electron chi connectivity index (χ1n) is 12.4. The van der Waals surface area contributed by atoms with Crippen LogP contribution >= 0.6 is 0 Å². The molecule has 2 aliphatic heterocycles. The molecule has 6 nitrogen and oxygen atoms in total. The lowest BCUT2D eigenvalue weighted by Crippen LogP contribution is -2.41. The average molecular weight is 433 g/mol. The second kappa shape index (κ2) is 7.41. The maximum atomic E-state index is 4.69. The Morgan fingerprint density at radius 1 is 1.16 bits per heavy atom. The molecule has 4 heterocycles. The number of fused-ring (bicyclic) bond motifs is 3. The second-order valence-corrected chi connectivity index (χ2v) is 11.2. The Bertz CT molecular complexity index is 1050. The van der Waals surface area contributed by atoms with Gasteiger partial charge < -0.3 is 9.80 Å². The van der Waals surface area contributed by atoms with E-state index in [0.29, 0.717) is 11.5 Å². The van der Waals surface area contributed by atoms with Crippen molar-refractivity contribution in [2.75, 3.05) is 31.1 Å². The first-order chi connectivity index (χ1) is 15.4. The first kappa shape index (κ1) is 20.4. The molecule has 0 radical (unpaired) electrons. The van der Waals surface area contributed by atoms with E-state index in [1.807, 2.05) is 18.7 Å². The topological polar surface area (TPSA) is 50.1 Å². The van der Waals surface area contributed by atoms with Crippen molar-refractivity contribution in [2.24, 2.45) is 24.3 Å². The lowest BCUT2D eigenvalue weighted by molar-refractivity contribution is 0.129. The molecule has 3 fully saturated rings. The number of rotatable bonds is 4. The molecule has 4 unspecified atom stereocenters. The van der Waals surface area contributed by atoms with Gasteiger partial charge in [0.2, 0.25) is 0 Å². The molecule has 2 bridgehead atoms. The van der Waals surface area contributed by atoms with Crippen LogP contribution in [-0.4, -0.2) is 57.1 Å². The van der Waals surface area contributed by atoms with E-state index in [-0.39, 0.29) is 0 Å². The van der Waals surface area contributed by atoms with Gasteiger partial charge in [-0.25, -0.2) is 0 Å². The number of aromatic nitrogens is 4. The summed E-state index contributed by atoms with van der Waals surface area (Å²) in [7, 11) is 1.99. The lowest BCUT2D eigenvalue weighted by Gasteiger charge is -2.39. The first-order valence-corrected chi connectivity index (χ1v) is 12.4. The molecule has 32 heavy (non-hydrogen) atoms. The zero-order valence-electron chi connectivity index (χ0n) is 20.0. The van der Waals surface area contributed by atoms with Gasteiger partial charge in [-0.3, -0.25) is 4.68 Å². The molecule has 2 saturated heterocycles. The quantitative estimate of drug-likeness (QED) is 0.680. The number of anilines is 1. The molecule has 2 aromatic rings. The fourth-order valence-corrected chi connectivity index (χ4v) is 7.43. The molecule has 6 heteroatoms. The molecule has 170 valence electrons. The minimum absolute atomic E-state index is 0.525. The molecule has 0 spiro atoms. The van der Waals surface area contributed by atoms with Gasteiger partial charge in [0.1, 0.15) is 0 Å². The van der Waals surface area contributed by atoms with Crippen LogP contribution in [0.1, 0.15) is 50.4 Å². The largest absolute Gasteiger partial charge is 0.351 e. The van der Waals surface area contributed by atoms with Crippen molar-refractivity contribution in [3.05, 3.63) is 35.2 Å². The van der Waals surface area contributed by atoms with Crippen LogP contribution < -0.4 is 4.90 Å². The molecule has 2 aromatic heterocycles. The Morgan fingerprint density at radius 2 is 2.03 bits per heavy atom. The lowest BCUT2D eigenvalue weighted by atomic mass is 9.71. The Morgan fingerprint density at radius 3 is 2.78 bits per heavy atom. The predicted molar refractivity (Wildman–Crippen MR) is 128 cm³/mol. The Hall–Kier alpha value is -2.21. The highest BCUT2D eigenvalue weighted by molar-refractivity contribution is 5.65. The van der Waals surface area contributed by atoms with Crippen LogP contribution in [0.2, 0.25) is 0 Å². The van der Waals surface area contributed by atoms with Gasteiger partial charge in [0.15, 0.2) is 5.82 Å². The van der Waals surface area contributed by atoms with Gasteiger partial charge in [0.05, 0.1) is 11.4 Å². The minimum Gasteiger partial charge on any atom is -0.351 e. The van der Waals surface area contributed by atoms with Gasteiger partial charge in [0, 0.05) is 50.5 Å². The van der Waals surface area contributed by atoms with Crippen LogP contribution in [-0.2, 0) is 7.05 Å². The van der Waals surface area contributed by atoms with Crippen molar-refractivity contribution in [2.45, 2.75) is 58.9 Å². The fraction of sp³-hybridized carbons (Fsp3) is 0.654. The normalized spacial score (nSPS) is 31.9. The van der Waals surface area contributed by atoms with Crippen molar-refractivity contribution in [3.63, 3.8) is 0 Å². The second-order valence-electron chi connectivity index (χ2n) is 11.2. The van der Waals surface area contributed by atoms with Crippen molar-refractivity contribution in [1.29, 1.82) is 0 Å². The Labute approximate surface area is 191 Å². The highest BCUT2D eigenvalue weighted by atomic mass is 15.3. The summed E-state index contributed by atoms with van der Waals surface area (Å²) < 4.78 is 1.92. The third kappa shape index (κ3) is 3.30. The molecule has 1 saturated carbocycles. The van der Waals surface area contributed by atoms with Gasteiger partial charge in [-0.1, -0.05) is 18.6 Å². The predicted octanol–water partition coefficient (Wildman–Crippen LogP) is 4.14. The molecule has 4 aliphatic rings. The molecular formula is C26H36N6. The number of hydrogen-bond acceptors (Lipinski definition) is 5. The van der Waals surface area contributed by atoms with E-state index in [0.717, 1.165) is 46.8 Å². The summed E-state index contributed by atoms with van der Waals surface area (Å²) in [4.78, 5) is 5.31.